The molecule has 1 aliphatic rings. The second-order valence-electron chi connectivity index (χ2n) is 4.99. The van der Waals surface area contributed by atoms with E-state index in [0.717, 1.165) is 11.1 Å². The first-order valence-corrected chi connectivity index (χ1v) is 5.77. The highest BCUT2D eigenvalue weighted by Crippen LogP contribution is 2.40. The molecule has 0 amide bonds. The van der Waals surface area contributed by atoms with Gasteiger partial charge in [-0.3, -0.25) is 14.9 Å². The number of nitro groups is 1. The molecule has 0 bridgehead atoms. The minimum absolute atomic E-state index is 0.0842. The lowest BCUT2D eigenvalue weighted by atomic mass is 9.71. The number of methoxy groups -OCH3 is 1. The number of fused-ring (bicyclic) bond motifs is 1. The van der Waals surface area contributed by atoms with Gasteiger partial charge in [0.05, 0.1) is 12.0 Å². The second-order valence-corrected chi connectivity index (χ2v) is 4.99. The summed E-state index contributed by atoms with van der Waals surface area (Å²) in [6.07, 6.45) is 1.09. The summed E-state index contributed by atoms with van der Waals surface area (Å²) in [6.45, 7) is 3.62. The Balaban J connectivity index is 2.67. The molecule has 0 N–H and O–H groups in total. The Hall–Kier alpha value is -1.91. The van der Waals surface area contributed by atoms with Gasteiger partial charge in [-0.25, -0.2) is 0 Å². The van der Waals surface area contributed by atoms with Crippen LogP contribution in [-0.4, -0.2) is 17.8 Å². The first-order chi connectivity index (χ1) is 8.37. The van der Waals surface area contributed by atoms with Crippen LogP contribution in [0.2, 0.25) is 0 Å². The number of hydrogen-bond acceptors (Lipinski definition) is 4. The van der Waals surface area contributed by atoms with Crippen molar-refractivity contribution in [1.29, 1.82) is 0 Å². The van der Waals surface area contributed by atoms with Crippen LogP contribution < -0.4 is 4.74 Å². The van der Waals surface area contributed by atoms with E-state index in [9.17, 15) is 14.9 Å². The fraction of sp³-hybridized carbons (Fsp3) is 0.462. The zero-order valence-electron chi connectivity index (χ0n) is 10.6. The molecule has 96 valence electrons. The average Bonchev–Trinajstić information content (AvgIpc) is 2.32. The molecule has 2 rings (SSSR count). The van der Waals surface area contributed by atoms with E-state index >= 15 is 0 Å². The molecule has 0 unspecified atom stereocenters. The lowest BCUT2D eigenvalue weighted by Crippen LogP contribution is -2.34. The van der Waals surface area contributed by atoms with Gasteiger partial charge in [0, 0.05) is 17.9 Å². The Morgan fingerprint density at radius 1 is 1.33 bits per heavy atom. The fourth-order valence-electron chi connectivity index (χ4n) is 2.42. The number of ketones is 1. The van der Waals surface area contributed by atoms with Crippen LogP contribution in [0.1, 0.15) is 31.4 Å². The monoisotopic (exact) mass is 249 g/mol. The van der Waals surface area contributed by atoms with Gasteiger partial charge in [0.1, 0.15) is 5.78 Å². The molecular weight excluding hydrogens is 234 g/mol. The maximum absolute atomic E-state index is 11.9. The number of nitrogens with zero attached hydrogens (tertiary/aromatic N) is 1. The van der Waals surface area contributed by atoms with Gasteiger partial charge in [-0.05, 0) is 37.5 Å². The Morgan fingerprint density at radius 2 is 2.00 bits per heavy atom. The predicted octanol–water partition coefficient (Wildman–Crippen LogP) is 2.40. The number of carbonyl (C=O) groups excluding carboxylic acids is 1. The number of hydrogen-bond donors (Lipinski definition) is 0. The van der Waals surface area contributed by atoms with Gasteiger partial charge >= 0.3 is 5.69 Å². The van der Waals surface area contributed by atoms with Gasteiger partial charge in [-0.1, -0.05) is 0 Å². The lowest BCUT2D eigenvalue weighted by molar-refractivity contribution is -0.385. The van der Waals surface area contributed by atoms with Crippen LogP contribution >= 0.6 is 0 Å². The van der Waals surface area contributed by atoms with E-state index in [0.29, 0.717) is 12.8 Å². The normalized spacial score (nSPS) is 17.2. The van der Waals surface area contributed by atoms with Crippen molar-refractivity contribution in [1.82, 2.24) is 0 Å². The second kappa shape index (κ2) is 4.08. The fourth-order valence-corrected chi connectivity index (χ4v) is 2.42. The molecule has 1 aliphatic carbocycles. The Bertz CT molecular complexity index is 534. The molecule has 0 saturated heterocycles. The summed E-state index contributed by atoms with van der Waals surface area (Å²) in [5.41, 5.74) is 0.956. The molecule has 0 spiro atoms. The molecular formula is C13H15NO4. The molecule has 0 saturated carbocycles. The van der Waals surface area contributed by atoms with E-state index in [1.54, 1.807) is 6.07 Å². The zero-order chi connectivity index (χ0) is 13.5. The van der Waals surface area contributed by atoms with E-state index < -0.39 is 10.3 Å². The van der Waals surface area contributed by atoms with Crippen molar-refractivity contribution in [2.24, 2.45) is 0 Å². The standard InChI is InChI=1S/C13H15NO4/c1-13(2)9-7-10(14(16)17)11(18-3)6-8(9)4-5-12(13)15/h6-7H,4-5H2,1-3H3. The summed E-state index contributed by atoms with van der Waals surface area (Å²) in [6, 6.07) is 3.16. The van der Waals surface area contributed by atoms with Crippen molar-refractivity contribution in [2.45, 2.75) is 32.1 Å². The number of carbonyl (C=O) groups is 1. The number of aryl methyl sites for hydroxylation is 1. The molecule has 0 aromatic heterocycles. The van der Waals surface area contributed by atoms with Crippen molar-refractivity contribution in [2.75, 3.05) is 7.11 Å². The first-order valence-electron chi connectivity index (χ1n) is 5.77. The van der Waals surface area contributed by atoms with Crippen molar-refractivity contribution < 1.29 is 14.5 Å². The predicted molar refractivity (Wildman–Crippen MR) is 66.0 cm³/mol. The van der Waals surface area contributed by atoms with Gasteiger partial charge in [0.2, 0.25) is 0 Å². The van der Waals surface area contributed by atoms with Crippen LogP contribution in [-0.2, 0) is 16.6 Å². The number of Topliss-reactive ketones (excluding diaryl/α,β-unsaturated/α-hetero) is 1. The summed E-state index contributed by atoms with van der Waals surface area (Å²) in [4.78, 5) is 22.4. The van der Waals surface area contributed by atoms with E-state index in [2.05, 4.69) is 0 Å². The molecule has 5 nitrogen and oxygen atoms in total. The number of nitro benzene ring substituents is 1. The third-order valence-corrected chi connectivity index (χ3v) is 3.59. The van der Waals surface area contributed by atoms with Crippen LogP contribution in [0.15, 0.2) is 12.1 Å². The maximum Gasteiger partial charge on any atom is 0.311 e. The van der Waals surface area contributed by atoms with Gasteiger partial charge in [0.25, 0.3) is 0 Å². The summed E-state index contributed by atoms with van der Waals surface area (Å²) in [5, 5.41) is 11.0. The number of benzene rings is 1. The summed E-state index contributed by atoms with van der Waals surface area (Å²) in [7, 11) is 1.41. The molecule has 1 aromatic carbocycles. The van der Waals surface area contributed by atoms with E-state index in [1.807, 2.05) is 13.8 Å². The minimum atomic E-state index is -0.662. The average molecular weight is 249 g/mol. The van der Waals surface area contributed by atoms with Crippen molar-refractivity contribution >= 4 is 11.5 Å². The van der Waals surface area contributed by atoms with Gasteiger partial charge < -0.3 is 4.74 Å². The highest BCUT2D eigenvalue weighted by Gasteiger charge is 2.37. The highest BCUT2D eigenvalue weighted by molar-refractivity contribution is 5.92. The molecule has 0 heterocycles. The summed E-state index contributed by atoms with van der Waals surface area (Å²) in [5.74, 6) is 0.373. The highest BCUT2D eigenvalue weighted by atomic mass is 16.6. The first kappa shape index (κ1) is 12.5. The van der Waals surface area contributed by atoms with Gasteiger partial charge in [-0.2, -0.15) is 0 Å². The molecule has 0 radical (unpaired) electrons. The SMILES string of the molecule is COc1cc2c(cc1[N+](=O)[O-])C(C)(C)C(=O)CC2. The van der Waals surface area contributed by atoms with E-state index in [-0.39, 0.29) is 17.2 Å². The maximum atomic E-state index is 11.9. The van der Waals surface area contributed by atoms with Crippen molar-refractivity contribution in [3.8, 4) is 5.75 Å². The zero-order valence-corrected chi connectivity index (χ0v) is 10.6. The topological polar surface area (TPSA) is 69.4 Å². The van der Waals surface area contributed by atoms with Crippen LogP contribution in [0.25, 0.3) is 0 Å². The van der Waals surface area contributed by atoms with Crippen molar-refractivity contribution in [3.63, 3.8) is 0 Å². The smallest absolute Gasteiger partial charge is 0.311 e. The van der Waals surface area contributed by atoms with Crippen LogP contribution in [0.4, 0.5) is 5.69 Å². The Morgan fingerprint density at radius 3 is 2.56 bits per heavy atom. The lowest BCUT2D eigenvalue weighted by Gasteiger charge is -2.31. The summed E-state index contributed by atoms with van der Waals surface area (Å²) < 4.78 is 5.04. The third-order valence-electron chi connectivity index (χ3n) is 3.59. The molecule has 0 fully saturated rings. The molecule has 5 heteroatoms. The van der Waals surface area contributed by atoms with E-state index in [1.165, 1.54) is 13.2 Å². The van der Waals surface area contributed by atoms with E-state index in [4.69, 9.17) is 4.74 Å². The molecule has 1 aromatic rings. The largest absolute Gasteiger partial charge is 0.490 e. The van der Waals surface area contributed by atoms with Gasteiger partial charge in [-0.15, -0.1) is 0 Å². The van der Waals surface area contributed by atoms with Crippen LogP contribution in [0.3, 0.4) is 0 Å². The minimum Gasteiger partial charge on any atom is -0.490 e. The number of ether oxygens (including phenoxy) is 1. The van der Waals surface area contributed by atoms with Crippen molar-refractivity contribution in [3.05, 3.63) is 33.4 Å². The Kier molecular flexibility index (Phi) is 2.84. The third kappa shape index (κ3) is 1.75. The Labute approximate surface area is 105 Å². The molecule has 0 aliphatic heterocycles. The quantitative estimate of drug-likeness (QED) is 0.596. The van der Waals surface area contributed by atoms with Crippen LogP contribution in [0, 0.1) is 10.1 Å². The molecule has 0 atom stereocenters. The summed E-state index contributed by atoms with van der Waals surface area (Å²) >= 11 is 0. The molecule has 18 heavy (non-hydrogen) atoms. The number of rotatable bonds is 2. The van der Waals surface area contributed by atoms with Gasteiger partial charge in [0.15, 0.2) is 5.75 Å². The van der Waals surface area contributed by atoms with Crippen LogP contribution in [0.5, 0.6) is 5.75 Å².